The van der Waals surface area contributed by atoms with E-state index in [1.807, 2.05) is 6.92 Å². The number of thiophene rings is 1. The van der Waals surface area contributed by atoms with Crippen molar-refractivity contribution >= 4 is 21.4 Å². The Morgan fingerprint density at radius 3 is 2.53 bits per heavy atom. The van der Waals surface area contributed by atoms with Crippen LogP contribution in [0.1, 0.15) is 16.7 Å². The first-order valence-corrected chi connectivity index (χ1v) is 6.96. The molecule has 1 rings (SSSR count). The molecule has 0 amide bonds. The van der Waals surface area contributed by atoms with Crippen LogP contribution in [0.25, 0.3) is 0 Å². The highest BCUT2D eigenvalue weighted by molar-refractivity contribution is 7.89. The Morgan fingerprint density at radius 1 is 1.53 bits per heavy atom. The number of nitrogens with two attached hydrogens (primary N) is 1. The third-order valence-electron chi connectivity index (χ3n) is 1.99. The molecule has 0 saturated heterocycles. The highest BCUT2D eigenvalue weighted by Gasteiger charge is 2.20. The second kappa shape index (κ2) is 4.61. The van der Waals surface area contributed by atoms with Crippen LogP contribution in [-0.2, 0) is 10.0 Å². The van der Waals surface area contributed by atoms with Crippen LogP contribution >= 0.6 is 11.3 Å². The van der Waals surface area contributed by atoms with Crippen molar-refractivity contribution in [3.63, 3.8) is 0 Å². The van der Waals surface area contributed by atoms with E-state index in [-0.39, 0.29) is 6.04 Å². The van der Waals surface area contributed by atoms with E-state index >= 15 is 0 Å². The fourth-order valence-corrected chi connectivity index (χ4v) is 4.06. The molecule has 0 aromatic carbocycles. The minimum atomic E-state index is -3.40. The van der Waals surface area contributed by atoms with Crippen LogP contribution in [0.4, 0.5) is 0 Å². The molecule has 0 saturated carbocycles. The van der Waals surface area contributed by atoms with Crippen LogP contribution in [0, 0.1) is 13.8 Å². The molecule has 86 valence electrons. The summed E-state index contributed by atoms with van der Waals surface area (Å²) in [6.45, 7) is 5.73. The molecule has 0 aliphatic heterocycles. The maximum atomic E-state index is 11.9. The van der Waals surface area contributed by atoms with Gasteiger partial charge in [-0.2, -0.15) is 0 Å². The lowest BCUT2D eigenvalue weighted by molar-refractivity contribution is 0.562. The minimum Gasteiger partial charge on any atom is -0.329 e. The van der Waals surface area contributed by atoms with E-state index in [4.69, 9.17) is 5.73 Å². The summed E-state index contributed by atoms with van der Waals surface area (Å²) >= 11 is 1.48. The van der Waals surface area contributed by atoms with E-state index in [9.17, 15) is 8.42 Å². The third kappa shape index (κ3) is 3.01. The van der Waals surface area contributed by atoms with Gasteiger partial charge in [0.15, 0.2) is 0 Å². The quantitative estimate of drug-likeness (QED) is 0.834. The normalized spacial score (nSPS) is 14.1. The van der Waals surface area contributed by atoms with Crippen molar-refractivity contribution in [1.82, 2.24) is 4.72 Å². The number of aryl methyl sites for hydroxylation is 2. The summed E-state index contributed by atoms with van der Waals surface area (Å²) in [5.41, 5.74) is 5.38. The van der Waals surface area contributed by atoms with Gasteiger partial charge in [-0.15, -0.1) is 11.3 Å². The molecule has 1 atom stereocenters. The standard InChI is InChI=1S/C9H16N2O2S2/c1-6(5-10)11-15(12,13)9-4-7(2)14-8(9)3/h4,6,11H,5,10H2,1-3H3/t6-/m0/s1. The summed E-state index contributed by atoms with van der Waals surface area (Å²) in [5.74, 6) is 0. The molecule has 3 N–H and O–H groups in total. The second-order valence-corrected chi connectivity index (χ2v) is 6.68. The van der Waals surface area contributed by atoms with Crippen molar-refractivity contribution in [2.45, 2.75) is 31.7 Å². The molecule has 0 unspecified atom stereocenters. The largest absolute Gasteiger partial charge is 0.329 e. The zero-order chi connectivity index (χ0) is 11.6. The Hall–Kier alpha value is -0.430. The van der Waals surface area contributed by atoms with Gasteiger partial charge in [-0.1, -0.05) is 0 Å². The summed E-state index contributed by atoms with van der Waals surface area (Å²) in [6.07, 6.45) is 0. The van der Waals surface area contributed by atoms with Crippen LogP contribution < -0.4 is 10.5 Å². The molecule has 0 fully saturated rings. The lowest BCUT2D eigenvalue weighted by atomic mass is 10.4. The zero-order valence-corrected chi connectivity index (χ0v) is 10.7. The van der Waals surface area contributed by atoms with Crippen molar-refractivity contribution in [3.8, 4) is 0 Å². The van der Waals surface area contributed by atoms with Gasteiger partial charge in [-0.05, 0) is 26.8 Å². The molecular weight excluding hydrogens is 232 g/mol. The van der Waals surface area contributed by atoms with Gasteiger partial charge in [0.05, 0.1) is 4.90 Å². The Labute approximate surface area is 94.5 Å². The fraction of sp³-hybridized carbons (Fsp3) is 0.556. The van der Waals surface area contributed by atoms with E-state index in [0.29, 0.717) is 11.4 Å². The van der Waals surface area contributed by atoms with Crippen LogP contribution in [-0.4, -0.2) is 21.0 Å². The van der Waals surface area contributed by atoms with Crippen LogP contribution in [0.3, 0.4) is 0 Å². The number of rotatable bonds is 4. The molecule has 6 heteroatoms. The Kier molecular flexibility index (Phi) is 3.88. The van der Waals surface area contributed by atoms with E-state index in [0.717, 1.165) is 9.75 Å². The molecule has 0 bridgehead atoms. The van der Waals surface area contributed by atoms with Crippen LogP contribution in [0.15, 0.2) is 11.0 Å². The average molecular weight is 248 g/mol. The fourth-order valence-electron chi connectivity index (χ4n) is 1.25. The predicted octanol–water partition coefficient (Wildman–Crippen LogP) is 0.990. The lowest BCUT2D eigenvalue weighted by Crippen LogP contribution is -2.37. The van der Waals surface area contributed by atoms with Gasteiger partial charge in [0.25, 0.3) is 0 Å². The van der Waals surface area contributed by atoms with Crippen molar-refractivity contribution in [2.24, 2.45) is 5.73 Å². The SMILES string of the molecule is Cc1cc(S(=O)(=O)N[C@@H](C)CN)c(C)s1. The van der Waals surface area contributed by atoms with Gasteiger partial charge in [0.1, 0.15) is 0 Å². The molecule has 0 aliphatic carbocycles. The first-order valence-electron chi connectivity index (χ1n) is 4.66. The lowest BCUT2D eigenvalue weighted by Gasteiger charge is -2.11. The highest BCUT2D eigenvalue weighted by Crippen LogP contribution is 2.24. The topological polar surface area (TPSA) is 72.2 Å². The van der Waals surface area contributed by atoms with Gasteiger partial charge >= 0.3 is 0 Å². The van der Waals surface area contributed by atoms with Gasteiger partial charge in [0, 0.05) is 22.3 Å². The van der Waals surface area contributed by atoms with Gasteiger partial charge < -0.3 is 5.73 Å². The minimum absolute atomic E-state index is 0.241. The number of sulfonamides is 1. The van der Waals surface area contributed by atoms with Gasteiger partial charge in [0.2, 0.25) is 10.0 Å². The molecule has 1 heterocycles. The Morgan fingerprint density at radius 2 is 2.13 bits per heavy atom. The van der Waals surface area contributed by atoms with Crippen LogP contribution in [0.5, 0.6) is 0 Å². The molecule has 0 spiro atoms. The zero-order valence-electron chi connectivity index (χ0n) is 9.07. The first kappa shape index (κ1) is 12.6. The smallest absolute Gasteiger partial charge is 0.241 e. The molecule has 15 heavy (non-hydrogen) atoms. The van der Waals surface area contributed by atoms with Crippen molar-refractivity contribution in [3.05, 3.63) is 15.8 Å². The Balaban J connectivity index is 3.01. The summed E-state index contributed by atoms with van der Waals surface area (Å²) in [5, 5.41) is 0. The maximum Gasteiger partial charge on any atom is 0.241 e. The van der Waals surface area contributed by atoms with Crippen LogP contribution in [0.2, 0.25) is 0 Å². The number of hydrogen-bond donors (Lipinski definition) is 2. The summed E-state index contributed by atoms with van der Waals surface area (Å²) in [7, 11) is -3.40. The molecule has 0 radical (unpaired) electrons. The highest BCUT2D eigenvalue weighted by atomic mass is 32.2. The summed E-state index contributed by atoms with van der Waals surface area (Å²) in [6, 6.07) is 1.44. The summed E-state index contributed by atoms with van der Waals surface area (Å²) < 4.78 is 26.3. The average Bonchev–Trinajstić information content (AvgIpc) is 2.45. The van der Waals surface area contributed by atoms with E-state index in [1.54, 1.807) is 19.9 Å². The molecule has 1 aromatic rings. The summed E-state index contributed by atoms with van der Waals surface area (Å²) in [4.78, 5) is 2.17. The molecular formula is C9H16N2O2S2. The van der Waals surface area contributed by atoms with Gasteiger partial charge in [-0.25, -0.2) is 13.1 Å². The van der Waals surface area contributed by atoms with Crippen molar-refractivity contribution in [2.75, 3.05) is 6.54 Å². The van der Waals surface area contributed by atoms with E-state index in [2.05, 4.69) is 4.72 Å². The maximum absolute atomic E-state index is 11.9. The number of nitrogens with one attached hydrogen (secondary N) is 1. The third-order valence-corrected chi connectivity index (χ3v) is 4.81. The van der Waals surface area contributed by atoms with Crippen molar-refractivity contribution in [1.29, 1.82) is 0 Å². The Bertz CT molecular complexity index is 437. The molecule has 4 nitrogen and oxygen atoms in total. The monoisotopic (exact) mass is 248 g/mol. The van der Waals surface area contributed by atoms with Crippen molar-refractivity contribution < 1.29 is 8.42 Å². The number of hydrogen-bond acceptors (Lipinski definition) is 4. The van der Waals surface area contributed by atoms with Gasteiger partial charge in [-0.3, -0.25) is 0 Å². The predicted molar refractivity (Wildman–Crippen MR) is 62.6 cm³/mol. The first-order chi connectivity index (χ1) is 6.86. The molecule has 0 aliphatic rings. The van der Waals surface area contributed by atoms with E-state index < -0.39 is 10.0 Å². The molecule has 1 aromatic heterocycles. The van der Waals surface area contributed by atoms with E-state index in [1.165, 1.54) is 11.3 Å². The second-order valence-electron chi connectivity index (χ2n) is 3.54.